The number of amides is 2. The van der Waals surface area contributed by atoms with Crippen LogP contribution in [-0.4, -0.2) is 62.5 Å². The molecule has 1 fully saturated rings. The Kier molecular flexibility index (Phi) is 6.85. The van der Waals surface area contributed by atoms with Crippen molar-refractivity contribution in [1.29, 1.82) is 0 Å². The predicted molar refractivity (Wildman–Crippen MR) is 108 cm³/mol. The van der Waals surface area contributed by atoms with Gasteiger partial charge in [-0.15, -0.1) is 0 Å². The Morgan fingerprint density at radius 2 is 1.93 bits per heavy atom. The van der Waals surface area contributed by atoms with Gasteiger partial charge in [0.25, 0.3) is 0 Å². The highest BCUT2D eigenvalue weighted by Gasteiger charge is 2.14. The van der Waals surface area contributed by atoms with Crippen molar-refractivity contribution in [2.24, 2.45) is 0 Å². The summed E-state index contributed by atoms with van der Waals surface area (Å²) in [7, 11) is 1.60. The maximum Gasteiger partial charge on any atom is 0.319 e. The van der Waals surface area contributed by atoms with Crippen LogP contribution in [0, 0.1) is 6.92 Å². The number of anilines is 3. The van der Waals surface area contributed by atoms with Gasteiger partial charge in [-0.05, 0) is 31.2 Å². The maximum atomic E-state index is 12.0. The summed E-state index contributed by atoms with van der Waals surface area (Å²) in [6.45, 7) is 5.94. The molecule has 0 saturated carbocycles. The minimum Gasteiger partial charge on any atom is -0.497 e. The molecule has 1 aliphatic rings. The van der Waals surface area contributed by atoms with Crippen molar-refractivity contribution in [2.75, 3.05) is 62.0 Å². The van der Waals surface area contributed by atoms with Crippen molar-refractivity contribution >= 4 is 23.4 Å². The SMILES string of the molecule is COc1ccc(NC(=O)NCCNc2cc(N3CCOCC3)nc(C)n2)cc1. The molecule has 0 atom stereocenters. The number of hydrogen-bond acceptors (Lipinski definition) is 7. The van der Waals surface area contributed by atoms with Gasteiger partial charge >= 0.3 is 6.03 Å². The number of urea groups is 1. The number of aromatic nitrogens is 2. The largest absolute Gasteiger partial charge is 0.497 e. The molecule has 2 heterocycles. The number of nitrogens with one attached hydrogen (secondary N) is 3. The van der Waals surface area contributed by atoms with E-state index in [1.807, 2.05) is 13.0 Å². The number of rotatable bonds is 7. The van der Waals surface area contributed by atoms with Crippen LogP contribution in [0.3, 0.4) is 0 Å². The summed E-state index contributed by atoms with van der Waals surface area (Å²) in [6.07, 6.45) is 0. The molecule has 0 radical (unpaired) electrons. The predicted octanol–water partition coefficient (Wildman–Crippen LogP) is 1.86. The normalized spacial score (nSPS) is 13.7. The molecule has 2 aromatic rings. The Morgan fingerprint density at radius 3 is 2.64 bits per heavy atom. The van der Waals surface area contributed by atoms with E-state index < -0.39 is 0 Å². The van der Waals surface area contributed by atoms with E-state index in [0.717, 1.165) is 30.5 Å². The van der Waals surface area contributed by atoms with Crippen LogP contribution in [-0.2, 0) is 4.74 Å². The van der Waals surface area contributed by atoms with Gasteiger partial charge in [0.1, 0.15) is 23.2 Å². The topological polar surface area (TPSA) is 101 Å². The first-order valence-electron chi connectivity index (χ1n) is 9.25. The lowest BCUT2D eigenvalue weighted by Gasteiger charge is -2.28. The standard InChI is InChI=1S/C19H26N6O3/c1-14-22-17(13-18(23-14)25-9-11-28-12-10-25)20-7-8-21-19(26)24-15-3-5-16(27-2)6-4-15/h3-6,13H,7-12H2,1-2H3,(H,20,22,23)(H2,21,24,26). The number of nitrogens with zero attached hydrogens (tertiary/aromatic N) is 3. The molecule has 0 unspecified atom stereocenters. The van der Waals surface area contributed by atoms with Crippen LogP contribution in [0.2, 0.25) is 0 Å². The van der Waals surface area contributed by atoms with E-state index in [4.69, 9.17) is 9.47 Å². The lowest BCUT2D eigenvalue weighted by molar-refractivity contribution is 0.122. The number of morpholine rings is 1. The van der Waals surface area contributed by atoms with Crippen molar-refractivity contribution in [3.63, 3.8) is 0 Å². The molecular weight excluding hydrogens is 360 g/mol. The molecule has 1 aliphatic heterocycles. The molecular formula is C19H26N6O3. The van der Waals surface area contributed by atoms with Crippen molar-refractivity contribution in [1.82, 2.24) is 15.3 Å². The maximum absolute atomic E-state index is 12.0. The van der Waals surface area contributed by atoms with Crippen molar-refractivity contribution in [2.45, 2.75) is 6.92 Å². The summed E-state index contributed by atoms with van der Waals surface area (Å²) in [4.78, 5) is 23.1. The number of carbonyl (C=O) groups is 1. The van der Waals surface area contributed by atoms with Gasteiger partial charge in [0, 0.05) is 37.9 Å². The Morgan fingerprint density at radius 1 is 1.18 bits per heavy atom. The molecule has 3 rings (SSSR count). The van der Waals surface area contributed by atoms with Gasteiger partial charge in [-0.3, -0.25) is 0 Å². The van der Waals surface area contributed by atoms with Gasteiger partial charge < -0.3 is 30.3 Å². The summed E-state index contributed by atoms with van der Waals surface area (Å²) in [6, 6.07) is 8.82. The van der Waals surface area contributed by atoms with E-state index in [1.54, 1.807) is 31.4 Å². The van der Waals surface area contributed by atoms with Crippen LogP contribution >= 0.6 is 0 Å². The number of carbonyl (C=O) groups excluding carboxylic acids is 1. The first kappa shape index (κ1) is 19.7. The average Bonchev–Trinajstić information content (AvgIpc) is 2.72. The van der Waals surface area contributed by atoms with E-state index in [1.165, 1.54) is 0 Å². The third-order valence-electron chi connectivity index (χ3n) is 4.22. The van der Waals surface area contributed by atoms with Gasteiger partial charge in [0.05, 0.1) is 20.3 Å². The van der Waals surface area contributed by atoms with Crippen LogP contribution in [0.5, 0.6) is 5.75 Å². The zero-order chi connectivity index (χ0) is 19.8. The van der Waals surface area contributed by atoms with Crippen molar-refractivity contribution in [3.05, 3.63) is 36.2 Å². The molecule has 150 valence electrons. The monoisotopic (exact) mass is 386 g/mol. The van der Waals surface area contributed by atoms with E-state index >= 15 is 0 Å². The zero-order valence-corrected chi connectivity index (χ0v) is 16.2. The van der Waals surface area contributed by atoms with Gasteiger partial charge in [-0.1, -0.05) is 0 Å². The molecule has 1 saturated heterocycles. The van der Waals surface area contributed by atoms with E-state index in [0.29, 0.717) is 37.8 Å². The molecule has 0 aliphatic carbocycles. The smallest absolute Gasteiger partial charge is 0.319 e. The van der Waals surface area contributed by atoms with E-state index in [-0.39, 0.29) is 6.03 Å². The van der Waals surface area contributed by atoms with Crippen LogP contribution in [0.15, 0.2) is 30.3 Å². The van der Waals surface area contributed by atoms with Gasteiger partial charge in [0.2, 0.25) is 0 Å². The minimum atomic E-state index is -0.264. The molecule has 9 nitrogen and oxygen atoms in total. The van der Waals surface area contributed by atoms with Gasteiger partial charge in [-0.2, -0.15) is 0 Å². The van der Waals surface area contributed by atoms with Crippen LogP contribution < -0.4 is 25.6 Å². The molecule has 28 heavy (non-hydrogen) atoms. The summed E-state index contributed by atoms with van der Waals surface area (Å²) in [5.41, 5.74) is 0.702. The third kappa shape index (κ3) is 5.71. The highest BCUT2D eigenvalue weighted by Crippen LogP contribution is 2.17. The average molecular weight is 386 g/mol. The molecule has 1 aromatic heterocycles. The zero-order valence-electron chi connectivity index (χ0n) is 16.2. The Balaban J connectivity index is 1.44. The first-order chi connectivity index (χ1) is 13.6. The number of hydrogen-bond donors (Lipinski definition) is 3. The molecule has 0 bridgehead atoms. The quantitative estimate of drug-likeness (QED) is 0.625. The number of methoxy groups -OCH3 is 1. The van der Waals surface area contributed by atoms with Crippen molar-refractivity contribution in [3.8, 4) is 5.75 Å². The highest BCUT2D eigenvalue weighted by atomic mass is 16.5. The Bertz CT molecular complexity index is 778. The fourth-order valence-electron chi connectivity index (χ4n) is 2.81. The summed E-state index contributed by atoms with van der Waals surface area (Å²) < 4.78 is 10.5. The fourth-order valence-corrected chi connectivity index (χ4v) is 2.81. The van der Waals surface area contributed by atoms with Gasteiger partial charge in [-0.25, -0.2) is 14.8 Å². The van der Waals surface area contributed by atoms with Crippen LogP contribution in [0.4, 0.5) is 22.1 Å². The minimum absolute atomic E-state index is 0.264. The number of aryl methyl sites for hydroxylation is 1. The molecule has 3 N–H and O–H groups in total. The summed E-state index contributed by atoms with van der Waals surface area (Å²) in [5.74, 6) is 3.08. The van der Waals surface area contributed by atoms with Crippen LogP contribution in [0.1, 0.15) is 5.82 Å². The number of ether oxygens (including phenoxy) is 2. The number of benzene rings is 1. The summed E-state index contributed by atoms with van der Waals surface area (Å²) >= 11 is 0. The van der Waals surface area contributed by atoms with Gasteiger partial charge in [0.15, 0.2) is 0 Å². The van der Waals surface area contributed by atoms with Crippen molar-refractivity contribution < 1.29 is 14.3 Å². The molecule has 0 spiro atoms. The van der Waals surface area contributed by atoms with E-state index in [9.17, 15) is 4.79 Å². The van der Waals surface area contributed by atoms with E-state index in [2.05, 4.69) is 30.8 Å². The lowest BCUT2D eigenvalue weighted by atomic mass is 10.3. The molecule has 1 aromatic carbocycles. The third-order valence-corrected chi connectivity index (χ3v) is 4.22. The lowest BCUT2D eigenvalue weighted by Crippen LogP contribution is -2.37. The summed E-state index contributed by atoms with van der Waals surface area (Å²) in [5, 5.41) is 8.82. The fraction of sp³-hybridized carbons (Fsp3) is 0.421. The second-order valence-electron chi connectivity index (χ2n) is 6.29. The second-order valence-corrected chi connectivity index (χ2v) is 6.29. The van der Waals surface area contributed by atoms with Crippen LogP contribution in [0.25, 0.3) is 0 Å². The molecule has 2 amide bonds. The second kappa shape index (κ2) is 9.75. The Labute approximate surface area is 164 Å². The highest BCUT2D eigenvalue weighted by molar-refractivity contribution is 5.89. The Hall–Kier alpha value is -3.07. The first-order valence-corrected chi connectivity index (χ1v) is 9.25. The molecule has 9 heteroatoms.